The number of likely N-dealkylation sites (N-methyl/N-ethyl adjacent to an activating group) is 1. The monoisotopic (exact) mass is 374 g/mol. The van der Waals surface area contributed by atoms with Crippen molar-refractivity contribution in [3.8, 4) is 0 Å². The van der Waals surface area contributed by atoms with Crippen molar-refractivity contribution in [1.29, 1.82) is 0 Å². The second-order valence-corrected chi connectivity index (χ2v) is 7.76. The first-order valence-electron chi connectivity index (χ1n) is 7.76. The van der Waals surface area contributed by atoms with Crippen molar-refractivity contribution in [3.05, 3.63) is 28.2 Å². The summed E-state index contributed by atoms with van der Waals surface area (Å²) in [5.74, 6) is 0.838. The van der Waals surface area contributed by atoms with Crippen LogP contribution in [0.3, 0.4) is 0 Å². The standard InChI is InChI=1S/C15H20Cl2N4OS/c1-2-19-7-9-20(10-8-19)15-18-5-6-21(15)23(22)12-3-4-13(16)14(17)11-12/h3-4,11H,2,5-10H2,1H3. The molecular formula is C15H20Cl2N4OS. The topological polar surface area (TPSA) is 39.1 Å². The van der Waals surface area contributed by atoms with Gasteiger partial charge in [0, 0.05) is 26.2 Å². The van der Waals surface area contributed by atoms with E-state index in [0.29, 0.717) is 28.0 Å². The number of piperazine rings is 1. The van der Waals surface area contributed by atoms with Crippen molar-refractivity contribution in [2.75, 3.05) is 45.8 Å². The Morgan fingerprint density at radius 1 is 1.13 bits per heavy atom. The number of nitrogens with zero attached hydrogens (tertiary/aromatic N) is 4. The van der Waals surface area contributed by atoms with Gasteiger partial charge >= 0.3 is 0 Å². The summed E-state index contributed by atoms with van der Waals surface area (Å²) in [6, 6.07) is 5.12. The second-order valence-electron chi connectivity index (χ2n) is 5.53. The fourth-order valence-corrected chi connectivity index (χ4v) is 4.40. The third kappa shape index (κ3) is 3.65. The third-order valence-corrected chi connectivity index (χ3v) is 6.32. The van der Waals surface area contributed by atoms with Crippen molar-refractivity contribution in [2.45, 2.75) is 11.8 Å². The fraction of sp³-hybridized carbons (Fsp3) is 0.533. The highest BCUT2D eigenvalue weighted by atomic mass is 35.5. The number of hydrogen-bond acceptors (Lipinski definition) is 4. The van der Waals surface area contributed by atoms with Crippen LogP contribution in [0.25, 0.3) is 0 Å². The summed E-state index contributed by atoms with van der Waals surface area (Å²) in [4.78, 5) is 9.87. The molecule has 0 N–H and O–H groups in total. The molecule has 0 amide bonds. The fourth-order valence-electron chi connectivity index (χ4n) is 2.81. The van der Waals surface area contributed by atoms with Gasteiger partial charge in [-0.05, 0) is 24.7 Å². The van der Waals surface area contributed by atoms with Crippen LogP contribution in [0.1, 0.15) is 6.92 Å². The Hall–Kier alpha value is -0.820. The summed E-state index contributed by atoms with van der Waals surface area (Å²) < 4.78 is 14.8. The van der Waals surface area contributed by atoms with E-state index >= 15 is 0 Å². The van der Waals surface area contributed by atoms with Gasteiger partial charge in [0.05, 0.1) is 28.0 Å². The lowest BCUT2D eigenvalue weighted by atomic mass is 10.3. The molecule has 0 spiro atoms. The molecule has 5 nitrogen and oxygen atoms in total. The molecule has 2 aliphatic rings. The van der Waals surface area contributed by atoms with Gasteiger partial charge in [-0.15, -0.1) is 0 Å². The van der Waals surface area contributed by atoms with E-state index < -0.39 is 11.0 Å². The molecule has 126 valence electrons. The number of benzene rings is 1. The first kappa shape index (κ1) is 17.0. The molecule has 23 heavy (non-hydrogen) atoms. The van der Waals surface area contributed by atoms with Crippen LogP contribution in [-0.4, -0.2) is 70.1 Å². The Bertz CT molecular complexity index is 632. The molecule has 1 unspecified atom stereocenters. The highest BCUT2D eigenvalue weighted by molar-refractivity contribution is 7.83. The van der Waals surface area contributed by atoms with Crippen LogP contribution >= 0.6 is 23.2 Å². The van der Waals surface area contributed by atoms with Gasteiger partial charge in [0.25, 0.3) is 0 Å². The maximum absolute atomic E-state index is 12.9. The van der Waals surface area contributed by atoms with Gasteiger partial charge in [-0.3, -0.25) is 9.30 Å². The van der Waals surface area contributed by atoms with E-state index in [2.05, 4.69) is 21.7 Å². The number of halogens is 2. The summed E-state index contributed by atoms with van der Waals surface area (Å²) in [6.45, 7) is 8.45. The molecule has 0 bridgehead atoms. The lowest BCUT2D eigenvalue weighted by Gasteiger charge is -2.37. The van der Waals surface area contributed by atoms with E-state index in [0.717, 1.165) is 38.7 Å². The Labute approximate surface area is 149 Å². The van der Waals surface area contributed by atoms with Crippen LogP contribution in [0.5, 0.6) is 0 Å². The molecule has 0 aromatic heterocycles. The van der Waals surface area contributed by atoms with E-state index in [1.165, 1.54) is 0 Å². The van der Waals surface area contributed by atoms with E-state index in [9.17, 15) is 4.21 Å². The third-order valence-electron chi connectivity index (χ3n) is 4.17. The molecule has 8 heteroatoms. The average Bonchev–Trinajstić information content (AvgIpc) is 3.06. The van der Waals surface area contributed by atoms with Crippen molar-refractivity contribution in [3.63, 3.8) is 0 Å². The second kappa shape index (κ2) is 7.38. The van der Waals surface area contributed by atoms with Gasteiger partial charge < -0.3 is 9.80 Å². The molecule has 2 aliphatic heterocycles. The number of guanidine groups is 1. The summed E-state index contributed by atoms with van der Waals surface area (Å²) in [6.07, 6.45) is 0. The lowest BCUT2D eigenvalue weighted by Crippen LogP contribution is -2.52. The zero-order valence-corrected chi connectivity index (χ0v) is 15.4. The molecule has 1 aromatic rings. The molecular weight excluding hydrogens is 355 g/mol. The molecule has 1 atom stereocenters. The normalized spacial score (nSPS) is 20.7. The summed E-state index contributed by atoms with van der Waals surface area (Å²) in [5, 5.41) is 0.894. The van der Waals surface area contributed by atoms with Crippen LogP contribution in [-0.2, 0) is 11.0 Å². The van der Waals surface area contributed by atoms with Crippen LogP contribution in [0.15, 0.2) is 28.1 Å². The van der Waals surface area contributed by atoms with E-state index in [4.69, 9.17) is 23.2 Å². The van der Waals surface area contributed by atoms with Gasteiger partial charge in [0.1, 0.15) is 0 Å². The summed E-state index contributed by atoms with van der Waals surface area (Å²) in [5.41, 5.74) is 0. The first-order valence-corrected chi connectivity index (χ1v) is 9.62. The maximum Gasteiger partial charge on any atom is 0.209 e. The molecule has 1 fully saturated rings. The average molecular weight is 375 g/mol. The minimum Gasteiger partial charge on any atom is -0.339 e. The molecule has 0 saturated carbocycles. The van der Waals surface area contributed by atoms with Gasteiger partial charge in [-0.1, -0.05) is 30.1 Å². The van der Waals surface area contributed by atoms with Crippen molar-refractivity contribution >= 4 is 40.1 Å². The Morgan fingerprint density at radius 2 is 1.87 bits per heavy atom. The number of aliphatic imine (C=N–C) groups is 1. The SMILES string of the molecule is CCN1CCN(C2=NCCN2S(=O)c2ccc(Cl)c(Cl)c2)CC1. The van der Waals surface area contributed by atoms with Gasteiger partial charge in [0.15, 0.2) is 11.0 Å². The Kier molecular flexibility index (Phi) is 5.46. The summed E-state index contributed by atoms with van der Waals surface area (Å²) in [7, 11) is -1.32. The largest absolute Gasteiger partial charge is 0.339 e. The molecule has 3 rings (SSSR count). The van der Waals surface area contributed by atoms with Crippen molar-refractivity contribution < 1.29 is 4.21 Å². The van der Waals surface area contributed by atoms with Crippen LogP contribution in [0.2, 0.25) is 10.0 Å². The predicted molar refractivity (Wildman–Crippen MR) is 95.6 cm³/mol. The van der Waals surface area contributed by atoms with Crippen molar-refractivity contribution in [1.82, 2.24) is 14.1 Å². The predicted octanol–water partition coefficient (Wildman–Crippen LogP) is 2.33. The highest BCUT2D eigenvalue weighted by Gasteiger charge is 2.30. The smallest absolute Gasteiger partial charge is 0.209 e. The van der Waals surface area contributed by atoms with E-state index in [1.807, 2.05) is 4.31 Å². The zero-order valence-electron chi connectivity index (χ0n) is 13.0. The van der Waals surface area contributed by atoms with Crippen LogP contribution in [0, 0.1) is 0 Å². The van der Waals surface area contributed by atoms with Crippen LogP contribution < -0.4 is 0 Å². The minimum absolute atomic E-state index is 0.423. The number of rotatable bonds is 3. The maximum atomic E-state index is 12.9. The molecule has 1 saturated heterocycles. The van der Waals surface area contributed by atoms with E-state index in [-0.39, 0.29) is 0 Å². The molecule has 2 heterocycles. The quantitative estimate of drug-likeness (QED) is 0.814. The first-order chi connectivity index (χ1) is 11.1. The zero-order chi connectivity index (χ0) is 16.4. The highest BCUT2D eigenvalue weighted by Crippen LogP contribution is 2.26. The summed E-state index contributed by atoms with van der Waals surface area (Å²) >= 11 is 12.0. The van der Waals surface area contributed by atoms with Crippen LogP contribution in [0.4, 0.5) is 0 Å². The number of hydrogen-bond donors (Lipinski definition) is 0. The Balaban J connectivity index is 1.73. The molecule has 1 aromatic carbocycles. The molecule has 0 radical (unpaired) electrons. The Morgan fingerprint density at radius 3 is 2.52 bits per heavy atom. The van der Waals surface area contributed by atoms with Gasteiger partial charge in [0.2, 0.25) is 5.96 Å². The van der Waals surface area contributed by atoms with Crippen molar-refractivity contribution in [2.24, 2.45) is 4.99 Å². The van der Waals surface area contributed by atoms with Gasteiger partial charge in [-0.2, -0.15) is 0 Å². The van der Waals surface area contributed by atoms with E-state index in [1.54, 1.807) is 18.2 Å². The molecule has 0 aliphatic carbocycles. The van der Waals surface area contributed by atoms with Gasteiger partial charge in [-0.25, -0.2) is 4.21 Å². The lowest BCUT2D eigenvalue weighted by molar-refractivity contribution is 0.184. The minimum atomic E-state index is -1.32.